The minimum absolute atomic E-state index is 0.0336. The lowest BCUT2D eigenvalue weighted by Crippen LogP contribution is -2.30. The van der Waals surface area contributed by atoms with E-state index in [1.807, 2.05) is 0 Å². The van der Waals surface area contributed by atoms with Crippen LogP contribution < -0.4 is 0 Å². The maximum Gasteiger partial charge on any atom is 0.157 e. The molecule has 1 aromatic rings. The summed E-state index contributed by atoms with van der Waals surface area (Å²) in [5.74, 6) is 0. The molecule has 2 aliphatic rings. The lowest BCUT2D eigenvalue weighted by atomic mass is 10.2. The number of hydrogen-bond acceptors (Lipinski definition) is 5. The zero-order valence-corrected chi connectivity index (χ0v) is 13.0. The van der Waals surface area contributed by atoms with Crippen LogP contribution in [0.5, 0.6) is 0 Å². The number of likely N-dealkylation sites (tertiary alicyclic amines) is 1. The summed E-state index contributed by atoms with van der Waals surface area (Å²) in [5.41, 5.74) is 1.25. The van der Waals surface area contributed by atoms with E-state index in [0.717, 1.165) is 32.7 Å². The highest BCUT2D eigenvalue weighted by Gasteiger charge is 2.27. The number of aromatic nitrogens is 1. The van der Waals surface area contributed by atoms with E-state index in [0.29, 0.717) is 6.04 Å². The molecule has 3 heterocycles. The smallest absolute Gasteiger partial charge is 0.157 e. The van der Waals surface area contributed by atoms with Crippen molar-refractivity contribution < 1.29 is 9.47 Å². The van der Waals surface area contributed by atoms with Gasteiger partial charge in [0.1, 0.15) is 0 Å². The lowest BCUT2D eigenvalue weighted by Gasteiger charge is -2.26. The van der Waals surface area contributed by atoms with Gasteiger partial charge >= 0.3 is 0 Å². The van der Waals surface area contributed by atoms with E-state index in [1.54, 1.807) is 11.3 Å². The predicted octanol–water partition coefficient (Wildman–Crippen LogP) is 3.13. The first kappa shape index (κ1) is 14.4. The van der Waals surface area contributed by atoms with Crippen LogP contribution in [0, 0.1) is 6.92 Å². The van der Waals surface area contributed by atoms with Gasteiger partial charge in [-0.25, -0.2) is 4.98 Å². The van der Waals surface area contributed by atoms with Crippen LogP contribution in [-0.2, 0) is 9.47 Å². The van der Waals surface area contributed by atoms with Gasteiger partial charge in [-0.15, -0.1) is 11.3 Å². The van der Waals surface area contributed by atoms with E-state index in [4.69, 9.17) is 9.47 Å². The average molecular weight is 296 g/mol. The van der Waals surface area contributed by atoms with Crippen LogP contribution in [0.3, 0.4) is 0 Å². The highest BCUT2D eigenvalue weighted by molar-refractivity contribution is 7.09. The van der Waals surface area contributed by atoms with E-state index in [-0.39, 0.29) is 6.29 Å². The Hall–Kier alpha value is -0.490. The van der Waals surface area contributed by atoms with Gasteiger partial charge in [-0.05, 0) is 45.6 Å². The highest BCUT2D eigenvalue weighted by atomic mass is 32.1. The van der Waals surface area contributed by atoms with Crippen molar-refractivity contribution in [2.24, 2.45) is 0 Å². The van der Waals surface area contributed by atoms with Crippen molar-refractivity contribution in [1.29, 1.82) is 0 Å². The molecule has 0 aromatic carbocycles. The van der Waals surface area contributed by atoms with Gasteiger partial charge in [-0.3, -0.25) is 4.90 Å². The topological polar surface area (TPSA) is 34.6 Å². The zero-order valence-electron chi connectivity index (χ0n) is 12.2. The molecule has 0 amide bonds. The average Bonchev–Trinajstić information content (AvgIpc) is 3.09. The second-order valence-corrected chi connectivity index (χ2v) is 6.71. The molecule has 4 nitrogen and oxygen atoms in total. The van der Waals surface area contributed by atoms with E-state index in [1.165, 1.54) is 36.4 Å². The van der Waals surface area contributed by atoms with Crippen molar-refractivity contribution in [3.8, 4) is 0 Å². The third-order valence-electron chi connectivity index (χ3n) is 4.16. The Morgan fingerprint density at radius 3 is 3.10 bits per heavy atom. The van der Waals surface area contributed by atoms with Crippen molar-refractivity contribution in [3.63, 3.8) is 0 Å². The van der Waals surface area contributed by atoms with Gasteiger partial charge in [0.2, 0.25) is 0 Å². The molecule has 0 N–H and O–H groups in total. The maximum absolute atomic E-state index is 5.85. The lowest BCUT2D eigenvalue weighted by molar-refractivity contribution is -0.164. The maximum atomic E-state index is 5.85. The summed E-state index contributed by atoms with van der Waals surface area (Å²) in [7, 11) is 0. The molecular formula is C15H24N2O2S. The van der Waals surface area contributed by atoms with Crippen molar-refractivity contribution in [3.05, 3.63) is 16.1 Å². The third-order valence-corrected chi connectivity index (χ3v) is 4.95. The number of rotatable bonds is 5. The molecule has 5 heteroatoms. The molecule has 0 unspecified atom stereocenters. The minimum Gasteiger partial charge on any atom is -0.353 e. The summed E-state index contributed by atoms with van der Waals surface area (Å²) in [5, 5.41) is 3.38. The molecule has 0 aliphatic carbocycles. The van der Waals surface area contributed by atoms with E-state index < -0.39 is 0 Å². The molecule has 0 spiro atoms. The van der Waals surface area contributed by atoms with Crippen LogP contribution in [0.2, 0.25) is 0 Å². The number of nitrogens with zero attached hydrogens (tertiary/aromatic N) is 2. The quantitative estimate of drug-likeness (QED) is 0.836. The second-order valence-electron chi connectivity index (χ2n) is 5.65. The molecule has 0 saturated carbocycles. The van der Waals surface area contributed by atoms with Crippen LogP contribution in [0.1, 0.15) is 48.8 Å². The van der Waals surface area contributed by atoms with Gasteiger partial charge in [0.15, 0.2) is 6.29 Å². The standard InChI is InChI=1S/C15H24N2O2S/c1-12-16-13(11-20-12)14-5-4-7-17(14)8-10-19-15-6-2-3-9-18-15/h11,14-15H,2-10H2,1H3/t14-,15+/m1/s1. The van der Waals surface area contributed by atoms with Crippen molar-refractivity contribution >= 4 is 11.3 Å². The third kappa shape index (κ3) is 3.58. The zero-order chi connectivity index (χ0) is 13.8. The summed E-state index contributed by atoms with van der Waals surface area (Å²) in [6.45, 7) is 5.85. The van der Waals surface area contributed by atoms with E-state index in [2.05, 4.69) is 22.2 Å². The summed E-state index contributed by atoms with van der Waals surface area (Å²) in [6, 6.07) is 0.496. The SMILES string of the molecule is Cc1nc([C@H]2CCCN2CCO[C@H]2CCCCO2)cs1. The number of ether oxygens (including phenoxy) is 2. The monoisotopic (exact) mass is 296 g/mol. The Morgan fingerprint density at radius 2 is 2.35 bits per heavy atom. The number of aryl methyl sites for hydroxylation is 1. The molecule has 3 rings (SSSR count). The predicted molar refractivity (Wildman–Crippen MR) is 79.9 cm³/mol. The van der Waals surface area contributed by atoms with E-state index >= 15 is 0 Å². The summed E-state index contributed by atoms with van der Waals surface area (Å²) in [4.78, 5) is 7.16. The van der Waals surface area contributed by atoms with E-state index in [9.17, 15) is 0 Å². The van der Waals surface area contributed by atoms with Gasteiger partial charge < -0.3 is 9.47 Å². The number of hydrogen-bond donors (Lipinski definition) is 0. The Labute approximate surface area is 125 Å². The van der Waals surface area contributed by atoms with Gasteiger partial charge in [-0.2, -0.15) is 0 Å². The fraction of sp³-hybridized carbons (Fsp3) is 0.800. The number of thiazole rings is 1. The fourth-order valence-corrected chi connectivity index (χ4v) is 3.77. The first-order chi connectivity index (χ1) is 9.83. The first-order valence-electron chi connectivity index (χ1n) is 7.72. The summed E-state index contributed by atoms with van der Waals surface area (Å²) in [6.07, 6.45) is 5.98. The molecule has 2 aliphatic heterocycles. The van der Waals surface area contributed by atoms with Crippen LogP contribution in [-0.4, -0.2) is 42.5 Å². The van der Waals surface area contributed by atoms with Crippen molar-refractivity contribution in [1.82, 2.24) is 9.88 Å². The molecule has 2 atom stereocenters. The van der Waals surface area contributed by atoms with Gasteiger partial charge in [0, 0.05) is 18.5 Å². The first-order valence-corrected chi connectivity index (χ1v) is 8.60. The molecule has 1 aromatic heterocycles. The molecule has 2 saturated heterocycles. The van der Waals surface area contributed by atoms with Gasteiger partial charge in [-0.1, -0.05) is 0 Å². The fourth-order valence-electron chi connectivity index (χ4n) is 3.11. The normalized spacial score (nSPS) is 28.1. The molecule has 0 bridgehead atoms. The Morgan fingerprint density at radius 1 is 1.40 bits per heavy atom. The Balaban J connectivity index is 1.46. The highest BCUT2D eigenvalue weighted by Crippen LogP contribution is 2.32. The van der Waals surface area contributed by atoms with Crippen LogP contribution >= 0.6 is 11.3 Å². The largest absolute Gasteiger partial charge is 0.353 e. The van der Waals surface area contributed by atoms with Crippen molar-refractivity contribution in [2.75, 3.05) is 26.3 Å². The summed E-state index contributed by atoms with van der Waals surface area (Å²) < 4.78 is 11.5. The van der Waals surface area contributed by atoms with Gasteiger partial charge in [0.25, 0.3) is 0 Å². The van der Waals surface area contributed by atoms with Crippen molar-refractivity contribution in [2.45, 2.75) is 51.4 Å². The Kier molecular flexibility index (Phi) is 5.04. The van der Waals surface area contributed by atoms with Crippen LogP contribution in [0.15, 0.2) is 5.38 Å². The van der Waals surface area contributed by atoms with Crippen LogP contribution in [0.4, 0.5) is 0 Å². The van der Waals surface area contributed by atoms with Gasteiger partial charge in [0.05, 0.1) is 23.4 Å². The molecule has 112 valence electrons. The molecule has 2 fully saturated rings. The molecule has 0 radical (unpaired) electrons. The minimum atomic E-state index is 0.0336. The summed E-state index contributed by atoms with van der Waals surface area (Å²) >= 11 is 1.75. The Bertz CT molecular complexity index is 418. The van der Waals surface area contributed by atoms with Crippen LogP contribution in [0.25, 0.3) is 0 Å². The second kappa shape index (κ2) is 6.98. The molecular weight excluding hydrogens is 272 g/mol. The molecule has 20 heavy (non-hydrogen) atoms.